The molecule has 190 valence electrons. The molecular formula is C27H31N9O. The molecule has 0 aliphatic rings. The number of nitrogens with one attached hydrogen (secondary N) is 1. The monoisotopic (exact) mass is 497 g/mol. The number of H-pyrrole nitrogens is 1. The van der Waals surface area contributed by atoms with Gasteiger partial charge in [-0.3, -0.25) is 9.55 Å². The molecule has 0 radical (unpaired) electrons. The average Bonchev–Trinajstić information content (AvgIpc) is 3.69. The van der Waals surface area contributed by atoms with Gasteiger partial charge in [0.2, 0.25) is 5.95 Å². The van der Waals surface area contributed by atoms with Crippen molar-refractivity contribution in [1.29, 1.82) is 0 Å². The van der Waals surface area contributed by atoms with Crippen molar-refractivity contribution >= 4 is 0 Å². The fraction of sp³-hybridized carbons (Fsp3) is 0.333. The molecule has 10 nitrogen and oxygen atoms in total. The van der Waals surface area contributed by atoms with Crippen LogP contribution in [0.3, 0.4) is 0 Å². The quantitative estimate of drug-likeness (QED) is 0.305. The van der Waals surface area contributed by atoms with Crippen LogP contribution in [0.15, 0.2) is 66.0 Å². The third kappa shape index (κ3) is 4.87. The zero-order valence-corrected chi connectivity index (χ0v) is 21.4. The lowest BCUT2D eigenvalue weighted by Gasteiger charge is -2.13. The molecule has 4 aromatic heterocycles. The van der Waals surface area contributed by atoms with Crippen LogP contribution in [-0.2, 0) is 13.0 Å². The summed E-state index contributed by atoms with van der Waals surface area (Å²) in [6.45, 7) is 6.86. The second-order valence-electron chi connectivity index (χ2n) is 9.20. The Labute approximate surface area is 215 Å². The molecule has 0 spiro atoms. The lowest BCUT2D eigenvalue weighted by Crippen LogP contribution is -2.27. The topological polar surface area (TPSA) is 112 Å². The molecule has 37 heavy (non-hydrogen) atoms. The third-order valence-electron chi connectivity index (χ3n) is 6.75. The number of rotatable bonds is 10. The summed E-state index contributed by atoms with van der Waals surface area (Å²) in [4.78, 5) is 22.9. The Kier molecular flexibility index (Phi) is 7.07. The highest BCUT2D eigenvalue weighted by Crippen LogP contribution is 2.28. The van der Waals surface area contributed by atoms with E-state index < -0.39 is 0 Å². The van der Waals surface area contributed by atoms with E-state index in [1.807, 2.05) is 59.6 Å². The Bertz CT molecular complexity index is 1510. The SMILES string of the molecule is CCCCc1cn(-c2nccn2C(C)CC)c(=O)n1Cc1ccc(-c2ccccc2-c2nnn[nH]2)nc1. The molecule has 1 atom stereocenters. The van der Waals surface area contributed by atoms with E-state index in [-0.39, 0.29) is 11.7 Å². The van der Waals surface area contributed by atoms with Gasteiger partial charge in [-0.25, -0.2) is 19.4 Å². The summed E-state index contributed by atoms with van der Waals surface area (Å²) in [5.74, 6) is 1.24. The highest BCUT2D eigenvalue weighted by Gasteiger charge is 2.18. The van der Waals surface area contributed by atoms with Gasteiger partial charge in [0.25, 0.3) is 0 Å². The summed E-state index contributed by atoms with van der Waals surface area (Å²) < 4.78 is 5.59. The Balaban J connectivity index is 1.47. The number of aromatic nitrogens is 9. The predicted octanol–water partition coefficient (Wildman–Crippen LogP) is 4.44. The molecule has 0 fully saturated rings. The van der Waals surface area contributed by atoms with E-state index in [4.69, 9.17) is 4.98 Å². The lowest BCUT2D eigenvalue weighted by molar-refractivity contribution is 0.517. The number of benzene rings is 1. The van der Waals surface area contributed by atoms with Crippen molar-refractivity contribution in [2.45, 2.75) is 59.0 Å². The number of imidazole rings is 2. The van der Waals surface area contributed by atoms with Gasteiger partial charge in [0.15, 0.2) is 5.82 Å². The van der Waals surface area contributed by atoms with Gasteiger partial charge < -0.3 is 4.57 Å². The number of aromatic amines is 1. The van der Waals surface area contributed by atoms with Gasteiger partial charge in [0.05, 0.1) is 12.2 Å². The summed E-state index contributed by atoms with van der Waals surface area (Å²) in [7, 11) is 0. The summed E-state index contributed by atoms with van der Waals surface area (Å²) in [6.07, 6.45) is 11.3. The highest BCUT2D eigenvalue weighted by molar-refractivity contribution is 5.78. The molecule has 1 N–H and O–H groups in total. The summed E-state index contributed by atoms with van der Waals surface area (Å²) >= 11 is 0. The maximum Gasteiger partial charge on any atom is 0.335 e. The number of hydrogen-bond donors (Lipinski definition) is 1. The van der Waals surface area contributed by atoms with E-state index in [0.717, 1.165) is 53.8 Å². The summed E-state index contributed by atoms with van der Waals surface area (Å²) in [6, 6.07) is 12.1. The van der Waals surface area contributed by atoms with Gasteiger partial charge in [-0.2, -0.15) is 0 Å². The van der Waals surface area contributed by atoms with Crippen molar-refractivity contribution in [2.75, 3.05) is 0 Å². The molecule has 10 heteroatoms. The number of aryl methyl sites for hydroxylation is 1. The number of pyridine rings is 1. The van der Waals surface area contributed by atoms with Crippen LogP contribution in [-0.4, -0.2) is 44.3 Å². The van der Waals surface area contributed by atoms with Crippen molar-refractivity contribution in [2.24, 2.45) is 0 Å². The molecular weight excluding hydrogens is 466 g/mol. The van der Waals surface area contributed by atoms with Gasteiger partial charge in [-0.05, 0) is 48.2 Å². The minimum Gasteiger partial charge on any atom is -0.314 e. The fourth-order valence-corrected chi connectivity index (χ4v) is 4.48. The van der Waals surface area contributed by atoms with Gasteiger partial charge in [-0.15, -0.1) is 5.10 Å². The number of nitrogens with zero attached hydrogens (tertiary/aromatic N) is 8. The first-order chi connectivity index (χ1) is 18.1. The number of tetrazole rings is 1. The molecule has 5 rings (SSSR count). The Hall–Kier alpha value is -4.34. The molecule has 4 heterocycles. The molecule has 0 amide bonds. The first-order valence-corrected chi connectivity index (χ1v) is 12.7. The number of unbranched alkanes of at least 4 members (excludes halogenated alkanes) is 1. The zero-order valence-electron chi connectivity index (χ0n) is 21.4. The average molecular weight is 498 g/mol. The van der Waals surface area contributed by atoms with E-state index in [2.05, 4.69) is 50.9 Å². The van der Waals surface area contributed by atoms with Crippen molar-refractivity contribution in [3.8, 4) is 28.6 Å². The second kappa shape index (κ2) is 10.7. The van der Waals surface area contributed by atoms with Crippen LogP contribution >= 0.6 is 0 Å². The summed E-state index contributed by atoms with van der Waals surface area (Å²) in [5, 5.41) is 14.2. The van der Waals surface area contributed by atoms with Crippen LogP contribution in [0.4, 0.5) is 0 Å². The van der Waals surface area contributed by atoms with Crippen LogP contribution in [0.5, 0.6) is 0 Å². The molecule has 0 aliphatic heterocycles. The van der Waals surface area contributed by atoms with E-state index >= 15 is 0 Å². The van der Waals surface area contributed by atoms with Crippen molar-refractivity contribution in [3.05, 3.63) is 82.9 Å². The smallest absolute Gasteiger partial charge is 0.314 e. The largest absolute Gasteiger partial charge is 0.335 e. The molecule has 0 saturated carbocycles. The van der Waals surface area contributed by atoms with Crippen molar-refractivity contribution in [1.82, 2.24) is 44.3 Å². The van der Waals surface area contributed by atoms with Crippen LogP contribution in [0, 0.1) is 0 Å². The Morgan fingerprint density at radius 3 is 2.59 bits per heavy atom. The van der Waals surface area contributed by atoms with Crippen LogP contribution < -0.4 is 5.69 Å². The zero-order chi connectivity index (χ0) is 25.8. The van der Waals surface area contributed by atoms with Gasteiger partial charge in [0, 0.05) is 47.7 Å². The fourth-order valence-electron chi connectivity index (χ4n) is 4.48. The standard InChI is InChI=1S/C27H31N9O/c1-4-6-9-21-18-36(26-28-14-15-34(26)19(3)5-2)27(37)35(21)17-20-12-13-24(29-16-20)22-10-7-8-11-23(22)25-30-32-33-31-25/h7-8,10-16,18-19H,4-6,9,17H2,1-3H3,(H,30,31,32,33). The first-order valence-electron chi connectivity index (χ1n) is 12.7. The first kappa shape index (κ1) is 24.4. The Morgan fingerprint density at radius 2 is 1.89 bits per heavy atom. The van der Waals surface area contributed by atoms with Crippen LogP contribution in [0.2, 0.25) is 0 Å². The van der Waals surface area contributed by atoms with Gasteiger partial charge in [-0.1, -0.05) is 50.6 Å². The van der Waals surface area contributed by atoms with E-state index in [1.165, 1.54) is 0 Å². The van der Waals surface area contributed by atoms with Crippen LogP contribution in [0.1, 0.15) is 57.3 Å². The van der Waals surface area contributed by atoms with E-state index in [1.54, 1.807) is 10.8 Å². The number of hydrogen-bond acceptors (Lipinski definition) is 6. The van der Waals surface area contributed by atoms with Gasteiger partial charge >= 0.3 is 5.69 Å². The van der Waals surface area contributed by atoms with Crippen molar-refractivity contribution in [3.63, 3.8) is 0 Å². The lowest BCUT2D eigenvalue weighted by atomic mass is 10.0. The minimum atomic E-state index is -0.0888. The van der Waals surface area contributed by atoms with E-state index in [0.29, 0.717) is 18.3 Å². The highest BCUT2D eigenvalue weighted by atomic mass is 16.1. The maximum atomic E-state index is 13.6. The molecule has 0 bridgehead atoms. The molecule has 0 aliphatic carbocycles. The van der Waals surface area contributed by atoms with E-state index in [9.17, 15) is 4.79 Å². The molecule has 0 saturated heterocycles. The summed E-state index contributed by atoms with van der Waals surface area (Å²) in [5.41, 5.74) is 4.47. The molecule has 5 aromatic rings. The van der Waals surface area contributed by atoms with Crippen LogP contribution in [0.25, 0.3) is 28.6 Å². The predicted molar refractivity (Wildman–Crippen MR) is 141 cm³/mol. The van der Waals surface area contributed by atoms with Crippen molar-refractivity contribution < 1.29 is 0 Å². The van der Waals surface area contributed by atoms with Gasteiger partial charge in [0.1, 0.15) is 0 Å². The minimum absolute atomic E-state index is 0.0888. The maximum absolute atomic E-state index is 13.6. The molecule has 1 aromatic carbocycles. The normalized spacial score (nSPS) is 12.2. The second-order valence-corrected chi connectivity index (χ2v) is 9.20. The third-order valence-corrected chi connectivity index (χ3v) is 6.75. The Morgan fingerprint density at radius 1 is 1.05 bits per heavy atom. The molecule has 1 unspecified atom stereocenters.